The van der Waals surface area contributed by atoms with Gasteiger partial charge in [0.15, 0.2) is 17.2 Å². The Labute approximate surface area is 166 Å². The molecule has 1 amide bonds. The van der Waals surface area contributed by atoms with Gasteiger partial charge in [-0.15, -0.1) is 11.3 Å². The lowest BCUT2D eigenvalue weighted by molar-refractivity contribution is -0.120. The number of halogens is 2. The van der Waals surface area contributed by atoms with E-state index in [1.54, 1.807) is 12.1 Å². The summed E-state index contributed by atoms with van der Waals surface area (Å²) >= 11 is 1.08. The SMILES string of the molecule is CC(=O)N[C@@H](C)COC1CC(COc2ccc3nc(C4(F)CC4)sc3c2F)C1. The Morgan fingerprint density at radius 3 is 2.86 bits per heavy atom. The number of amides is 1. The van der Waals surface area contributed by atoms with Crippen LogP contribution in [0.5, 0.6) is 5.75 Å². The molecule has 5 nitrogen and oxygen atoms in total. The van der Waals surface area contributed by atoms with E-state index in [0.717, 1.165) is 24.2 Å². The van der Waals surface area contributed by atoms with E-state index in [0.29, 0.717) is 47.2 Å². The molecule has 2 aromatic rings. The fourth-order valence-corrected chi connectivity index (χ4v) is 4.52. The van der Waals surface area contributed by atoms with E-state index in [1.807, 2.05) is 6.92 Å². The lowest BCUT2D eigenvalue weighted by atomic mass is 9.83. The first-order valence-electron chi connectivity index (χ1n) is 9.64. The molecular formula is C20H24F2N2O3S. The quantitative estimate of drug-likeness (QED) is 0.712. The van der Waals surface area contributed by atoms with Gasteiger partial charge in [0.05, 0.1) is 29.5 Å². The van der Waals surface area contributed by atoms with Crippen LogP contribution >= 0.6 is 11.3 Å². The van der Waals surface area contributed by atoms with Crippen LogP contribution in [0.4, 0.5) is 8.78 Å². The molecule has 1 aromatic heterocycles. The first-order valence-corrected chi connectivity index (χ1v) is 10.5. The molecule has 1 aromatic carbocycles. The summed E-state index contributed by atoms with van der Waals surface area (Å²) in [7, 11) is 0. The maximum atomic E-state index is 14.7. The number of alkyl halides is 1. The predicted octanol–water partition coefficient (Wildman–Crippen LogP) is 4.09. The van der Waals surface area contributed by atoms with Crippen LogP contribution < -0.4 is 10.1 Å². The molecule has 1 N–H and O–H groups in total. The molecule has 28 heavy (non-hydrogen) atoms. The third kappa shape index (κ3) is 4.12. The largest absolute Gasteiger partial charge is 0.490 e. The molecule has 1 heterocycles. The maximum Gasteiger partial charge on any atom is 0.217 e. The average Bonchev–Trinajstić information content (AvgIpc) is 3.18. The number of fused-ring (bicyclic) bond motifs is 1. The van der Waals surface area contributed by atoms with Crippen molar-refractivity contribution in [2.45, 2.75) is 57.3 Å². The summed E-state index contributed by atoms with van der Waals surface area (Å²) in [6.07, 6.45) is 2.79. The van der Waals surface area contributed by atoms with Gasteiger partial charge in [-0.2, -0.15) is 0 Å². The van der Waals surface area contributed by atoms with Crippen molar-refractivity contribution in [2.75, 3.05) is 13.2 Å². The second kappa shape index (κ2) is 7.55. The van der Waals surface area contributed by atoms with Crippen molar-refractivity contribution in [3.05, 3.63) is 23.0 Å². The second-order valence-corrected chi connectivity index (χ2v) is 8.91. The van der Waals surface area contributed by atoms with Crippen molar-refractivity contribution >= 4 is 27.5 Å². The minimum Gasteiger partial charge on any atom is -0.490 e. The van der Waals surface area contributed by atoms with Crippen molar-refractivity contribution < 1.29 is 23.0 Å². The number of rotatable bonds is 8. The number of nitrogens with zero attached hydrogens (tertiary/aromatic N) is 1. The lowest BCUT2D eigenvalue weighted by Crippen LogP contribution is -2.40. The molecule has 4 rings (SSSR count). The number of ether oxygens (including phenoxy) is 2. The third-order valence-corrected chi connectivity index (χ3v) is 6.48. The van der Waals surface area contributed by atoms with Gasteiger partial charge in [-0.25, -0.2) is 13.8 Å². The zero-order valence-corrected chi connectivity index (χ0v) is 16.8. The smallest absolute Gasteiger partial charge is 0.217 e. The van der Waals surface area contributed by atoms with Gasteiger partial charge in [-0.3, -0.25) is 4.79 Å². The van der Waals surface area contributed by atoms with Crippen LogP contribution in [-0.4, -0.2) is 36.3 Å². The number of benzene rings is 1. The number of aromatic nitrogens is 1. The molecule has 0 unspecified atom stereocenters. The van der Waals surface area contributed by atoms with Gasteiger partial charge in [0.25, 0.3) is 0 Å². The number of nitrogens with one attached hydrogen (secondary N) is 1. The zero-order valence-electron chi connectivity index (χ0n) is 16.0. The normalized spacial score (nSPS) is 23.9. The Hall–Kier alpha value is -1.80. The van der Waals surface area contributed by atoms with Crippen molar-refractivity contribution in [1.29, 1.82) is 0 Å². The fourth-order valence-electron chi connectivity index (χ4n) is 3.39. The molecule has 1 atom stereocenters. The number of thiazole rings is 1. The highest BCUT2D eigenvalue weighted by Gasteiger charge is 2.48. The van der Waals surface area contributed by atoms with Gasteiger partial charge in [0.1, 0.15) is 5.01 Å². The number of carbonyl (C=O) groups is 1. The zero-order chi connectivity index (χ0) is 19.9. The van der Waals surface area contributed by atoms with Crippen LogP contribution in [0.2, 0.25) is 0 Å². The van der Waals surface area contributed by atoms with Crippen molar-refractivity contribution in [2.24, 2.45) is 5.92 Å². The minimum absolute atomic E-state index is 0.0167. The number of hydrogen-bond acceptors (Lipinski definition) is 5. The van der Waals surface area contributed by atoms with E-state index in [4.69, 9.17) is 9.47 Å². The van der Waals surface area contributed by atoms with Crippen LogP contribution in [0, 0.1) is 11.7 Å². The monoisotopic (exact) mass is 410 g/mol. The molecule has 2 aliphatic carbocycles. The Balaban J connectivity index is 1.26. The molecule has 0 bridgehead atoms. The number of carbonyl (C=O) groups excluding carboxylic acids is 1. The molecule has 152 valence electrons. The predicted molar refractivity (Wildman–Crippen MR) is 103 cm³/mol. The molecule has 2 fully saturated rings. The Kier molecular flexibility index (Phi) is 5.26. The molecule has 0 saturated heterocycles. The van der Waals surface area contributed by atoms with Gasteiger partial charge < -0.3 is 14.8 Å². The van der Waals surface area contributed by atoms with Crippen LogP contribution in [0.3, 0.4) is 0 Å². The molecule has 0 aliphatic heterocycles. The summed E-state index contributed by atoms with van der Waals surface area (Å²) in [6.45, 7) is 4.28. The number of hydrogen-bond donors (Lipinski definition) is 1. The first-order chi connectivity index (χ1) is 13.3. The van der Waals surface area contributed by atoms with E-state index in [9.17, 15) is 13.6 Å². The fraction of sp³-hybridized carbons (Fsp3) is 0.600. The molecule has 0 spiro atoms. The topological polar surface area (TPSA) is 60.5 Å². The summed E-state index contributed by atoms with van der Waals surface area (Å²) in [5.74, 6) is -0.0209. The first kappa shape index (κ1) is 19.5. The molecule has 0 radical (unpaired) electrons. The summed E-state index contributed by atoms with van der Waals surface area (Å²) in [5.41, 5.74) is -0.866. The van der Waals surface area contributed by atoms with Crippen LogP contribution in [-0.2, 0) is 15.2 Å². The second-order valence-electron chi connectivity index (χ2n) is 7.92. The van der Waals surface area contributed by atoms with Gasteiger partial charge in [0.2, 0.25) is 5.91 Å². The summed E-state index contributed by atoms with van der Waals surface area (Å²) in [4.78, 5) is 15.2. The molecular weight excluding hydrogens is 386 g/mol. The standard InChI is InChI=1S/C20H24F2N2O3S/c1-11(23-12(2)25)9-26-14-7-13(8-14)10-27-16-4-3-15-18(17(16)21)28-19(24-15)20(22)5-6-20/h3-4,11,13-14H,5-10H2,1-2H3,(H,23,25)/t11-,13?,14?/m0/s1. The molecule has 2 saturated carbocycles. The summed E-state index contributed by atoms with van der Waals surface area (Å²) in [5, 5.41) is 3.15. The average molecular weight is 410 g/mol. The van der Waals surface area contributed by atoms with E-state index in [-0.39, 0.29) is 23.8 Å². The van der Waals surface area contributed by atoms with E-state index < -0.39 is 11.5 Å². The third-order valence-electron chi connectivity index (χ3n) is 5.23. The van der Waals surface area contributed by atoms with Crippen LogP contribution in [0.15, 0.2) is 12.1 Å². The highest BCUT2D eigenvalue weighted by molar-refractivity contribution is 7.18. The molecule has 8 heteroatoms. The maximum absolute atomic E-state index is 14.7. The minimum atomic E-state index is -1.35. The van der Waals surface area contributed by atoms with Crippen LogP contribution in [0.1, 0.15) is 44.5 Å². The Morgan fingerprint density at radius 1 is 1.43 bits per heavy atom. The summed E-state index contributed by atoms with van der Waals surface area (Å²) < 4.78 is 40.7. The molecule has 2 aliphatic rings. The van der Waals surface area contributed by atoms with Crippen molar-refractivity contribution in [1.82, 2.24) is 10.3 Å². The van der Waals surface area contributed by atoms with Crippen molar-refractivity contribution in [3.8, 4) is 5.75 Å². The summed E-state index contributed by atoms with van der Waals surface area (Å²) in [6, 6.07) is 3.24. The Morgan fingerprint density at radius 2 is 2.18 bits per heavy atom. The van der Waals surface area contributed by atoms with Crippen LogP contribution in [0.25, 0.3) is 10.2 Å². The Bertz CT molecular complexity index is 878. The van der Waals surface area contributed by atoms with Crippen molar-refractivity contribution in [3.63, 3.8) is 0 Å². The van der Waals surface area contributed by atoms with Gasteiger partial charge in [-0.05, 0) is 50.7 Å². The van der Waals surface area contributed by atoms with E-state index in [1.165, 1.54) is 6.92 Å². The highest BCUT2D eigenvalue weighted by Crippen LogP contribution is 2.52. The van der Waals surface area contributed by atoms with Gasteiger partial charge in [-0.1, -0.05) is 0 Å². The van der Waals surface area contributed by atoms with Gasteiger partial charge in [0, 0.05) is 13.0 Å². The van der Waals surface area contributed by atoms with E-state index in [2.05, 4.69) is 10.3 Å². The van der Waals surface area contributed by atoms with Gasteiger partial charge >= 0.3 is 0 Å². The lowest BCUT2D eigenvalue weighted by Gasteiger charge is -2.35. The van der Waals surface area contributed by atoms with E-state index >= 15 is 0 Å². The highest BCUT2D eigenvalue weighted by atomic mass is 32.1.